The molecule has 0 aliphatic heterocycles. The van der Waals surface area contributed by atoms with Crippen LogP contribution in [-0.4, -0.2) is 17.1 Å². The molecule has 1 atom stereocenters. The van der Waals surface area contributed by atoms with Crippen LogP contribution in [-0.2, 0) is 11.2 Å². The summed E-state index contributed by atoms with van der Waals surface area (Å²) in [7, 11) is 0. The van der Waals surface area contributed by atoms with Gasteiger partial charge in [0.25, 0.3) is 0 Å². The maximum Gasteiger partial charge on any atom is 1.00 e. The van der Waals surface area contributed by atoms with E-state index in [1.807, 2.05) is 28.7 Å². The standard InChI is InChI=1S/C15H12I3NO4.Na/c16-8-5-7(6-9(19)15(21)22)1-3-11(8)23-12-4-2-10(20)13(17)14(12)18;/h1-5,9,20H,6,19H2,(H,21,22);/q;+1/p-1/t9-;/m1./s1. The molecule has 0 spiro atoms. The van der Waals surface area contributed by atoms with Crippen molar-refractivity contribution < 1.29 is 49.3 Å². The second-order valence-electron chi connectivity index (χ2n) is 4.71. The van der Waals surface area contributed by atoms with Gasteiger partial charge in [-0.25, -0.2) is 0 Å². The molecule has 0 saturated heterocycles. The van der Waals surface area contributed by atoms with Crippen LogP contribution in [0.4, 0.5) is 0 Å². The second kappa shape index (κ2) is 10.1. The molecule has 0 fully saturated rings. The van der Waals surface area contributed by atoms with E-state index in [1.165, 1.54) is 6.07 Å². The number of carbonyl (C=O) groups is 1. The van der Waals surface area contributed by atoms with Crippen molar-refractivity contribution >= 4 is 73.7 Å². The molecule has 0 bridgehead atoms. The molecule has 0 aromatic heterocycles. The predicted octanol–water partition coefficient (Wildman–Crippen LogP) is 0.325. The molecule has 0 saturated carbocycles. The monoisotopic (exact) mass is 673 g/mol. The molecule has 0 radical (unpaired) electrons. The van der Waals surface area contributed by atoms with E-state index in [2.05, 4.69) is 45.2 Å². The van der Waals surface area contributed by atoms with Crippen LogP contribution in [0.15, 0.2) is 30.3 Å². The number of aliphatic carboxylic acids is 1. The van der Waals surface area contributed by atoms with E-state index < -0.39 is 12.0 Å². The summed E-state index contributed by atoms with van der Waals surface area (Å²) < 4.78 is 8.11. The van der Waals surface area contributed by atoms with E-state index in [4.69, 9.17) is 15.6 Å². The Morgan fingerprint density at radius 1 is 1.17 bits per heavy atom. The van der Waals surface area contributed by atoms with Gasteiger partial charge in [0.05, 0.1) is 7.14 Å². The fraction of sp³-hybridized carbons (Fsp3) is 0.133. The van der Waals surface area contributed by atoms with Gasteiger partial charge in [-0.05, 0) is 98.0 Å². The van der Waals surface area contributed by atoms with Gasteiger partial charge in [-0.3, -0.25) is 4.79 Å². The SMILES string of the molecule is N[C@H](Cc1ccc(Oc2ccc([O-])c(I)c2I)c(I)c1)C(=O)O.[Na+]. The van der Waals surface area contributed by atoms with Crippen LogP contribution < -0.4 is 45.1 Å². The van der Waals surface area contributed by atoms with Crippen molar-refractivity contribution in [3.8, 4) is 17.2 Å². The number of halogens is 3. The molecule has 0 aliphatic rings. The summed E-state index contributed by atoms with van der Waals surface area (Å²) in [6, 6.07) is 7.62. The second-order valence-corrected chi connectivity index (χ2v) is 8.03. The van der Waals surface area contributed by atoms with Gasteiger partial charge in [0.15, 0.2) is 0 Å². The molecular formula is C15H11I3NNaO4. The number of nitrogens with two attached hydrogens (primary N) is 1. The Morgan fingerprint density at radius 3 is 2.38 bits per heavy atom. The smallest absolute Gasteiger partial charge is 0.872 e. The third-order valence-electron chi connectivity index (χ3n) is 3.00. The first-order valence-corrected chi connectivity index (χ1v) is 9.63. The summed E-state index contributed by atoms with van der Waals surface area (Å²) >= 11 is 6.21. The molecule has 9 heteroatoms. The van der Waals surface area contributed by atoms with Crippen molar-refractivity contribution in [1.82, 2.24) is 0 Å². The fourth-order valence-corrected chi connectivity index (χ4v) is 3.50. The first-order chi connectivity index (χ1) is 10.8. The van der Waals surface area contributed by atoms with Crippen LogP contribution >= 0.6 is 67.8 Å². The van der Waals surface area contributed by atoms with Crippen LogP contribution in [0.3, 0.4) is 0 Å². The average Bonchev–Trinajstić information content (AvgIpc) is 2.50. The Kier molecular flexibility index (Phi) is 9.57. The van der Waals surface area contributed by atoms with Crippen molar-refractivity contribution in [2.45, 2.75) is 12.5 Å². The number of carboxylic acids is 1. The zero-order valence-electron chi connectivity index (χ0n) is 12.6. The quantitative estimate of drug-likeness (QED) is 0.353. The molecule has 0 amide bonds. The van der Waals surface area contributed by atoms with Crippen molar-refractivity contribution in [2.75, 3.05) is 0 Å². The Hall–Kier alpha value is 0.660. The Balaban J connectivity index is 0.00000288. The molecule has 0 aliphatic carbocycles. The Morgan fingerprint density at radius 2 is 1.79 bits per heavy atom. The molecule has 2 aromatic carbocycles. The van der Waals surface area contributed by atoms with Gasteiger partial charge in [-0.2, -0.15) is 0 Å². The predicted molar refractivity (Wildman–Crippen MR) is 110 cm³/mol. The van der Waals surface area contributed by atoms with E-state index in [0.717, 1.165) is 12.7 Å². The van der Waals surface area contributed by atoms with E-state index in [0.29, 0.717) is 15.1 Å². The number of hydrogen-bond acceptors (Lipinski definition) is 4. The summed E-state index contributed by atoms with van der Waals surface area (Å²) in [5.41, 5.74) is 6.38. The molecule has 2 aromatic rings. The maximum absolute atomic E-state index is 11.6. The van der Waals surface area contributed by atoms with Gasteiger partial charge < -0.3 is 20.7 Å². The van der Waals surface area contributed by atoms with Crippen LogP contribution in [0.25, 0.3) is 0 Å². The van der Waals surface area contributed by atoms with Crippen LogP contribution in [0.2, 0.25) is 0 Å². The van der Waals surface area contributed by atoms with Gasteiger partial charge in [0.1, 0.15) is 17.5 Å². The van der Waals surface area contributed by atoms with Gasteiger partial charge in [-0.1, -0.05) is 17.9 Å². The van der Waals surface area contributed by atoms with Gasteiger partial charge in [-0.15, -0.1) is 0 Å². The van der Waals surface area contributed by atoms with Crippen LogP contribution in [0, 0.1) is 10.7 Å². The van der Waals surface area contributed by atoms with Crippen LogP contribution in [0.1, 0.15) is 5.56 Å². The topological polar surface area (TPSA) is 95.6 Å². The summed E-state index contributed by atoms with van der Waals surface area (Å²) in [4.78, 5) is 10.8. The first-order valence-electron chi connectivity index (χ1n) is 6.39. The molecule has 122 valence electrons. The molecule has 0 unspecified atom stereocenters. The van der Waals surface area contributed by atoms with Crippen molar-refractivity contribution in [3.05, 3.63) is 46.6 Å². The number of ether oxygens (including phenoxy) is 1. The normalized spacial score (nSPS) is 11.5. The van der Waals surface area contributed by atoms with Gasteiger partial charge >= 0.3 is 35.5 Å². The first kappa shape index (κ1) is 22.7. The largest absolute Gasteiger partial charge is 1.00 e. The van der Waals surface area contributed by atoms with Gasteiger partial charge in [0, 0.05) is 3.57 Å². The molecule has 5 nitrogen and oxygen atoms in total. The minimum atomic E-state index is -1.03. The summed E-state index contributed by atoms with van der Waals surface area (Å²) in [6.07, 6.45) is 0.256. The Labute approximate surface area is 202 Å². The number of hydrogen-bond donors (Lipinski definition) is 2. The van der Waals surface area contributed by atoms with E-state index >= 15 is 0 Å². The van der Waals surface area contributed by atoms with Crippen molar-refractivity contribution in [2.24, 2.45) is 5.73 Å². The van der Waals surface area contributed by atoms with Crippen molar-refractivity contribution in [1.29, 1.82) is 0 Å². The number of rotatable bonds is 5. The Bertz CT molecular complexity index is 758. The molecule has 0 heterocycles. The summed E-state index contributed by atoms with van der Waals surface area (Å²) in [5, 5.41) is 20.4. The third kappa shape index (κ3) is 5.84. The van der Waals surface area contributed by atoms with Crippen molar-refractivity contribution in [3.63, 3.8) is 0 Å². The molecular weight excluding hydrogens is 662 g/mol. The molecule has 24 heavy (non-hydrogen) atoms. The fourth-order valence-electron chi connectivity index (χ4n) is 1.81. The summed E-state index contributed by atoms with van der Waals surface area (Å²) in [6.45, 7) is 0. The third-order valence-corrected chi connectivity index (χ3v) is 7.02. The summed E-state index contributed by atoms with van der Waals surface area (Å²) in [5.74, 6) is 0.199. The van der Waals surface area contributed by atoms with E-state index in [-0.39, 0.29) is 41.7 Å². The zero-order chi connectivity index (χ0) is 17.1. The molecule has 2 rings (SSSR count). The number of carboxylic acid groups (broad SMARTS) is 1. The van der Waals surface area contributed by atoms with E-state index in [1.54, 1.807) is 18.2 Å². The average molecular weight is 673 g/mol. The number of benzene rings is 2. The minimum absolute atomic E-state index is 0. The van der Waals surface area contributed by atoms with Gasteiger partial charge in [0.2, 0.25) is 0 Å². The minimum Gasteiger partial charge on any atom is -0.872 e. The zero-order valence-corrected chi connectivity index (χ0v) is 21.0. The maximum atomic E-state index is 11.6. The van der Waals surface area contributed by atoms with Crippen LogP contribution in [0.5, 0.6) is 17.2 Å². The van der Waals surface area contributed by atoms with E-state index in [9.17, 15) is 9.90 Å². The molecule has 3 N–H and O–H groups in total.